The van der Waals surface area contributed by atoms with Gasteiger partial charge >= 0.3 is 6.09 Å². The van der Waals surface area contributed by atoms with Crippen LogP contribution in [0.1, 0.15) is 62.1 Å². The van der Waals surface area contributed by atoms with Crippen LogP contribution < -0.4 is 10.1 Å². The first-order valence-corrected chi connectivity index (χ1v) is 13.4. The van der Waals surface area contributed by atoms with Crippen molar-refractivity contribution in [2.75, 3.05) is 5.32 Å². The van der Waals surface area contributed by atoms with Gasteiger partial charge in [-0.1, -0.05) is 18.2 Å². The number of ether oxygens (including phenoxy) is 2. The molecule has 2 aromatic heterocycles. The summed E-state index contributed by atoms with van der Waals surface area (Å²) in [6.07, 6.45) is 10.6. The van der Waals surface area contributed by atoms with E-state index in [4.69, 9.17) is 9.47 Å². The Hall–Kier alpha value is -4.31. The van der Waals surface area contributed by atoms with Crippen molar-refractivity contribution in [3.63, 3.8) is 0 Å². The highest BCUT2D eigenvalue weighted by Gasteiger charge is 2.28. The lowest BCUT2D eigenvalue weighted by atomic mass is 9.92. The normalized spacial score (nSPS) is 15.7. The number of nitriles is 1. The second kappa shape index (κ2) is 10.6. The molecule has 7 heteroatoms. The van der Waals surface area contributed by atoms with Crippen LogP contribution in [0.3, 0.4) is 0 Å². The predicted molar refractivity (Wildman–Crippen MR) is 146 cm³/mol. The second-order valence-corrected chi connectivity index (χ2v) is 10.1. The summed E-state index contributed by atoms with van der Waals surface area (Å²) in [6.45, 7) is 0.430. The lowest BCUT2D eigenvalue weighted by Gasteiger charge is -2.30. The highest BCUT2D eigenvalue weighted by Crippen LogP contribution is 2.43. The summed E-state index contributed by atoms with van der Waals surface area (Å²) in [7, 11) is 0. The SMILES string of the molecule is N#Cc1c(-c2ccc(NC(=O)OC3CCCC3)cc2)n(C2CCC2)c2cc(OCc3cccnc3)ccc12. The lowest BCUT2D eigenvalue weighted by molar-refractivity contribution is 0.114. The maximum atomic E-state index is 12.3. The number of rotatable bonds is 7. The summed E-state index contributed by atoms with van der Waals surface area (Å²) < 4.78 is 13.9. The fourth-order valence-electron chi connectivity index (χ4n) is 5.47. The summed E-state index contributed by atoms with van der Waals surface area (Å²) >= 11 is 0. The number of carbonyl (C=O) groups is 1. The van der Waals surface area contributed by atoms with Gasteiger partial charge in [0.1, 0.15) is 24.5 Å². The molecule has 1 amide bonds. The van der Waals surface area contributed by atoms with Crippen LogP contribution in [0.5, 0.6) is 5.75 Å². The molecule has 6 rings (SSSR count). The molecule has 0 radical (unpaired) electrons. The van der Waals surface area contributed by atoms with E-state index in [9.17, 15) is 10.1 Å². The highest BCUT2D eigenvalue weighted by atomic mass is 16.6. The molecule has 2 aliphatic rings. The van der Waals surface area contributed by atoms with E-state index < -0.39 is 6.09 Å². The Labute approximate surface area is 222 Å². The first-order valence-electron chi connectivity index (χ1n) is 13.4. The van der Waals surface area contributed by atoms with Gasteiger partial charge in [-0.25, -0.2) is 4.79 Å². The van der Waals surface area contributed by atoms with Crippen molar-refractivity contribution in [3.05, 3.63) is 78.1 Å². The average molecular weight is 507 g/mol. The molecule has 38 heavy (non-hydrogen) atoms. The van der Waals surface area contributed by atoms with Gasteiger partial charge in [-0.3, -0.25) is 10.3 Å². The summed E-state index contributed by atoms with van der Waals surface area (Å²) in [5.74, 6) is 0.760. The number of carbonyl (C=O) groups excluding carboxylic acids is 1. The van der Waals surface area contributed by atoms with Gasteiger partial charge in [0.2, 0.25) is 0 Å². The zero-order chi connectivity index (χ0) is 25.9. The van der Waals surface area contributed by atoms with Crippen LogP contribution in [-0.4, -0.2) is 21.7 Å². The number of amides is 1. The van der Waals surface area contributed by atoms with Gasteiger partial charge in [0, 0.05) is 41.1 Å². The van der Waals surface area contributed by atoms with Gasteiger partial charge < -0.3 is 14.0 Å². The zero-order valence-electron chi connectivity index (χ0n) is 21.2. The number of anilines is 1. The molecule has 2 saturated carbocycles. The third-order valence-corrected chi connectivity index (χ3v) is 7.64. The first kappa shape index (κ1) is 24.1. The number of nitrogens with one attached hydrogen (secondary N) is 1. The molecule has 0 spiro atoms. The molecule has 4 aromatic rings. The van der Waals surface area contributed by atoms with Crippen molar-refractivity contribution in [2.24, 2.45) is 0 Å². The number of nitrogens with zero attached hydrogens (tertiary/aromatic N) is 3. The van der Waals surface area contributed by atoms with Gasteiger partial charge in [-0.05, 0) is 80.8 Å². The van der Waals surface area contributed by atoms with Crippen LogP contribution >= 0.6 is 0 Å². The summed E-state index contributed by atoms with van der Waals surface area (Å²) in [4.78, 5) is 16.5. The molecule has 0 saturated heterocycles. The van der Waals surface area contributed by atoms with E-state index >= 15 is 0 Å². The molecule has 2 fully saturated rings. The first-order chi connectivity index (χ1) is 18.7. The maximum Gasteiger partial charge on any atom is 0.411 e. The molecule has 2 heterocycles. The van der Waals surface area contributed by atoms with Crippen molar-refractivity contribution in [3.8, 4) is 23.1 Å². The summed E-state index contributed by atoms with van der Waals surface area (Å²) in [6, 6.07) is 20.3. The average Bonchev–Trinajstić information content (AvgIpc) is 3.53. The van der Waals surface area contributed by atoms with E-state index in [0.717, 1.165) is 72.0 Å². The molecule has 192 valence electrons. The van der Waals surface area contributed by atoms with Crippen molar-refractivity contribution < 1.29 is 14.3 Å². The third-order valence-electron chi connectivity index (χ3n) is 7.64. The van der Waals surface area contributed by atoms with Gasteiger partial charge in [0.25, 0.3) is 0 Å². The Kier molecular flexibility index (Phi) is 6.70. The molecule has 1 N–H and O–H groups in total. The number of aromatic nitrogens is 2. The van der Waals surface area contributed by atoms with Crippen molar-refractivity contribution in [1.82, 2.24) is 9.55 Å². The lowest BCUT2D eigenvalue weighted by Crippen LogP contribution is -2.20. The minimum absolute atomic E-state index is 0.0175. The van der Waals surface area contributed by atoms with E-state index in [1.54, 1.807) is 12.4 Å². The van der Waals surface area contributed by atoms with Crippen molar-refractivity contribution in [1.29, 1.82) is 5.26 Å². The topological polar surface area (TPSA) is 89.2 Å². The van der Waals surface area contributed by atoms with Crippen LogP contribution in [0, 0.1) is 11.3 Å². The van der Waals surface area contributed by atoms with Crippen molar-refractivity contribution >= 4 is 22.7 Å². The van der Waals surface area contributed by atoms with Gasteiger partial charge in [-0.15, -0.1) is 0 Å². The number of hydrogen-bond acceptors (Lipinski definition) is 5. The smallest absolute Gasteiger partial charge is 0.411 e. The Morgan fingerprint density at radius 2 is 1.87 bits per heavy atom. The third kappa shape index (κ3) is 4.82. The summed E-state index contributed by atoms with van der Waals surface area (Å²) in [5.41, 5.74) is 5.20. The highest BCUT2D eigenvalue weighted by molar-refractivity contribution is 5.96. The van der Waals surface area contributed by atoms with Gasteiger partial charge in [-0.2, -0.15) is 5.26 Å². The second-order valence-electron chi connectivity index (χ2n) is 10.1. The Bertz CT molecular complexity index is 1480. The summed E-state index contributed by atoms with van der Waals surface area (Å²) in [5, 5.41) is 14.0. The fraction of sp³-hybridized carbons (Fsp3) is 0.323. The molecule has 0 unspecified atom stereocenters. The van der Waals surface area contributed by atoms with E-state index in [0.29, 0.717) is 23.9 Å². The standard InChI is InChI=1S/C31H30N4O3/c32-18-28-27-15-14-26(37-20-21-5-4-16-33-19-21)17-29(27)35(24-6-3-7-24)30(28)22-10-12-23(13-11-22)34-31(36)38-25-8-1-2-9-25/h4-5,10-17,19,24-25H,1-3,6-9,20H2,(H,34,36). The molecule has 0 atom stereocenters. The molecule has 7 nitrogen and oxygen atoms in total. The molecular formula is C31H30N4O3. The monoisotopic (exact) mass is 506 g/mol. The molecule has 2 aliphatic carbocycles. The molecule has 0 aliphatic heterocycles. The molecular weight excluding hydrogens is 476 g/mol. The van der Waals surface area contributed by atoms with Crippen molar-refractivity contribution in [2.45, 2.75) is 63.7 Å². The van der Waals surface area contributed by atoms with E-state index in [1.807, 2.05) is 54.6 Å². The van der Waals surface area contributed by atoms with E-state index in [2.05, 4.69) is 20.9 Å². The predicted octanol–water partition coefficient (Wildman–Crippen LogP) is 7.37. The Morgan fingerprint density at radius 3 is 2.55 bits per heavy atom. The van der Waals surface area contributed by atoms with Crippen LogP contribution in [0.15, 0.2) is 67.0 Å². The minimum Gasteiger partial charge on any atom is -0.489 e. The number of hydrogen-bond donors (Lipinski definition) is 1. The van der Waals surface area contributed by atoms with E-state index in [-0.39, 0.29) is 6.10 Å². The van der Waals surface area contributed by atoms with Gasteiger partial charge in [0.15, 0.2) is 0 Å². The fourth-order valence-corrected chi connectivity index (χ4v) is 5.47. The Balaban J connectivity index is 1.30. The largest absolute Gasteiger partial charge is 0.489 e. The number of benzene rings is 2. The van der Waals surface area contributed by atoms with Crippen LogP contribution in [0.25, 0.3) is 22.2 Å². The van der Waals surface area contributed by atoms with Crippen LogP contribution in [0.4, 0.5) is 10.5 Å². The quantitative estimate of drug-likeness (QED) is 0.283. The number of fused-ring (bicyclic) bond motifs is 1. The molecule has 0 bridgehead atoms. The van der Waals surface area contributed by atoms with E-state index in [1.165, 1.54) is 6.42 Å². The number of pyridine rings is 1. The zero-order valence-corrected chi connectivity index (χ0v) is 21.2. The van der Waals surface area contributed by atoms with Crippen LogP contribution in [0.2, 0.25) is 0 Å². The molecule has 2 aromatic carbocycles. The maximum absolute atomic E-state index is 12.3. The minimum atomic E-state index is -0.412. The van der Waals surface area contributed by atoms with Crippen LogP contribution in [-0.2, 0) is 11.3 Å². The van der Waals surface area contributed by atoms with Gasteiger partial charge in [0.05, 0.1) is 16.8 Å². The Morgan fingerprint density at radius 1 is 1.05 bits per heavy atom.